The van der Waals surface area contributed by atoms with E-state index in [0.717, 1.165) is 25.7 Å². The molecule has 1 atom stereocenters. The van der Waals surface area contributed by atoms with Crippen LogP contribution in [-0.4, -0.2) is 11.0 Å². The smallest absolute Gasteiger partial charge is 0.227 e. The molecule has 0 aliphatic rings. The Bertz CT molecular complexity index is 407. The maximum atomic E-state index is 12.0. The Kier molecular flexibility index (Phi) is 5.99. The molecule has 0 fully saturated rings. The highest BCUT2D eigenvalue weighted by Crippen LogP contribution is 2.27. The van der Waals surface area contributed by atoms with Gasteiger partial charge in [0, 0.05) is 10.9 Å². The zero-order valence-electron chi connectivity index (χ0n) is 10.9. The van der Waals surface area contributed by atoms with Crippen molar-refractivity contribution < 1.29 is 9.90 Å². The summed E-state index contributed by atoms with van der Waals surface area (Å²) >= 11 is 5.83. The molecule has 0 saturated carbocycles. The van der Waals surface area contributed by atoms with Crippen molar-refractivity contribution in [3.8, 4) is 5.75 Å². The van der Waals surface area contributed by atoms with E-state index < -0.39 is 0 Å². The van der Waals surface area contributed by atoms with Crippen LogP contribution in [0.4, 0.5) is 5.69 Å². The van der Waals surface area contributed by atoms with Crippen molar-refractivity contribution in [3.63, 3.8) is 0 Å². The van der Waals surface area contributed by atoms with Crippen LogP contribution in [0.25, 0.3) is 0 Å². The Morgan fingerprint density at radius 2 is 2.17 bits per heavy atom. The van der Waals surface area contributed by atoms with Gasteiger partial charge >= 0.3 is 0 Å². The molecule has 1 rings (SSSR count). The lowest BCUT2D eigenvalue weighted by molar-refractivity contribution is -0.120. The lowest BCUT2D eigenvalue weighted by atomic mass is 9.98. The van der Waals surface area contributed by atoms with Gasteiger partial charge in [-0.3, -0.25) is 4.79 Å². The number of carbonyl (C=O) groups is 1. The Hall–Kier alpha value is -1.22. The topological polar surface area (TPSA) is 49.3 Å². The first kappa shape index (κ1) is 14.8. The van der Waals surface area contributed by atoms with E-state index in [0.29, 0.717) is 10.7 Å². The summed E-state index contributed by atoms with van der Waals surface area (Å²) < 4.78 is 0. The molecule has 1 aromatic rings. The monoisotopic (exact) mass is 269 g/mol. The third kappa shape index (κ3) is 4.22. The summed E-state index contributed by atoms with van der Waals surface area (Å²) in [6.45, 7) is 4.10. The molecule has 0 heterocycles. The molecule has 0 aliphatic heterocycles. The van der Waals surface area contributed by atoms with E-state index in [1.807, 2.05) is 6.92 Å². The quantitative estimate of drug-likeness (QED) is 0.761. The number of nitrogens with one attached hydrogen (secondary N) is 1. The summed E-state index contributed by atoms with van der Waals surface area (Å²) in [5.41, 5.74) is 0.377. The molecule has 100 valence electrons. The number of hydrogen-bond donors (Lipinski definition) is 2. The van der Waals surface area contributed by atoms with Crippen LogP contribution in [0.2, 0.25) is 5.02 Å². The summed E-state index contributed by atoms with van der Waals surface area (Å²) in [6, 6.07) is 4.62. The molecule has 1 unspecified atom stereocenters. The van der Waals surface area contributed by atoms with Crippen molar-refractivity contribution in [2.24, 2.45) is 5.92 Å². The molecule has 0 saturated heterocycles. The molecular formula is C14H20ClNO2. The summed E-state index contributed by atoms with van der Waals surface area (Å²) in [5.74, 6) is -0.0232. The maximum absolute atomic E-state index is 12.0. The summed E-state index contributed by atoms with van der Waals surface area (Å²) in [6.07, 6.45) is 3.78. The van der Waals surface area contributed by atoms with Crippen molar-refractivity contribution in [2.75, 3.05) is 5.32 Å². The number of aromatic hydroxyl groups is 1. The minimum absolute atomic E-state index is 0.0108. The lowest BCUT2D eigenvalue weighted by Crippen LogP contribution is -2.22. The Morgan fingerprint density at radius 1 is 1.44 bits per heavy atom. The highest BCUT2D eigenvalue weighted by atomic mass is 35.5. The Labute approximate surface area is 113 Å². The van der Waals surface area contributed by atoms with Crippen molar-refractivity contribution in [3.05, 3.63) is 23.2 Å². The molecule has 0 radical (unpaired) electrons. The zero-order chi connectivity index (χ0) is 13.5. The third-order valence-electron chi connectivity index (χ3n) is 2.99. The second kappa shape index (κ2) is 7.27. The predicted molar refractivity (Wildman–Crippen MR) is 75.1 cm³/mol. The van der Waals surface area contributed by atoms with Gasteiger partial charge in [-0.2, -0.15) is 0 Å². The first-order chi connectivity index (χ1) is 8.58. The molecule has 0 aromatic heterocycles. The molecule has 0 bridgehead atoms. The molecule has 4 heteroatoms. The predicted octanol–water partition coefficient (Wildman–Crippen LogP) is 4.20. The number of unbranched alkanes of at least 4 members (excludes halogenated alkanes) is 1. The second-order valence-corrected chi connectivity index (χ2v) is 4.83. The van der Waals surface area contributed by atoms with Crippen LogP contribution in [0.3, 0.4) is 0 Å². The van der Waals surface area contributed by atoms with Gasteiger partial charge in [-0.15, -0.1) is 0 Å². The molecule has 1 aromatic carbocycles. The Morgan fingerprint density at radius 3 is 2.78 bits per heavy atom. The van der Waals surface area contributed by atoms with Crippen LogP contribution in [0.15, 0.2) is 18.2 Å². The number of rotatable bonds is 6. The van der Waals surface area contributed by atoms with Crippen LogP contribution in [0, 0.1) is 5.92 Å². The van der Waals surface area contributed by atoms with E-state index >= 15 is 0 Å². The van der Waals surface area contributed by atoms with Gasteiger partial charge in [-0.25, -0.2) is 0 Å². The summed E-state index contributed by atoms with van der Waals surface area (Å²) in [5, 5.41) is 12.9. The van der Waals surface area contributed by atoms with E-state index in [1.165, 1.54) is 6.07 Å². The van der Waals surface area contributed by atoms with Gasteiger partial charge in [-0.1, -0.05) is 38.3 Å². The molecule has 1 amide bonds. The zero-order valence-corrected chi connectivity index (χ0v) is 11.6. The number of anilines is 1. The largest absolute Gasteiger partial charge is 0.506 e. The summed E-state index contributed by atoms with van der Waals surface area (Å²) in [4.78, 5) is 12.0. The molecule has 18 heavy (non-hydrogen) atoms. The molecule has 0 aliphatic carbocycles. The van der Waals surface area contributed by atoms with Crippen LogP contribution in [0.5, 0.6) is 5.75 Å². The number of hydrogen-bond acceptors (Lipinski definition) is 2. The van der Waals surface area contributed by atoms with Gasteiger partial charge in [0.2, 0.25) is 5.91 Å². The SMILES string of the molecule is CCCCC(CC)C(=O)Nc1cc(Cl)ccc1O. The van der Waals surface area contributed by atoms with Gasteiger partial charge in [0.15, 0.2) is 0 Å². The average molecular weight is 270 g/mol. The lowest BCUT2D eigenvalue weighted by Gasteiger charge is -2.15. The number of halogens is 1. The molecular weight excluding hydrogens is 250 g/mol. The van der Waals surface area contributed by atoms with Gasteiger partial charge in [-0.05, 0) is 31.0 Å². The van der Waals surface area contributed by atoms with Crippen molar-refractivity contribution >= 4 is 23.2 Å². The number of amides is 1. The number of phenolic OH excluding ortho intramolecular Hbond substituents is 1. The molecule has 3 nitrogen and oxygen atoms in total. The van der Waals surface area contributed by atoms with Crippen LogP contribution in [-0.2, 0) is 4.79 Å². The maximum Gasteiger partial charge on any atom is 0.227 e. The first-order valence-electron chi connectivity index (χ1n) is 6.37. The standard InChI is InChI=1S/C14H20ClNO2/c1-3-5-6-10(4-2)14(18)16-12-9-11(15)7-8-13(12)17/h7-10,17H,3-6H2,1-2H3,(H,16,18). The van der Waals surface area contributed by atoms with E-state index in [2.05, 4.69) is 12.2 Å². The van der Waals surface area contributed by atoms with Crippen molar-refractivity contribution in [1.29, 1.82) is 0 Å². The van der Waals surface area contributed by atoms with Crippen LogP contribution < -0.4 is 5.32 Å². The van der Waals surface area contributed by atoms with Crippen molar-refractivity contribution in [2.45, 2.75) is 39.5 Å². The van der Waals surface area contributed by atoms with Crippen LogP contribution >= 0.6 is 11.6 Å². The third-order valence-corrected chi connectivity index (χ3v) is 3.22. The number of carbonyl (C=O) groups excluding carboxylic acids is 1. The fourth-order valence-corrected chi connectivity index (χ4v) is 1.99. The highest BCUT2D eigenvalue weighted by molar-refractivity contribution is 6.31. The van der Waals surface area contributed by atoms with E-state index in [9.17, 15) is 9.90 Å². The Balaban J connectivity index is 2.70. The first-order valence-corrected chi connectivity index (χ1v) is 6.75. The highest BCUT2D eigenvalue weighted by Gasteiger charge is 2.17. The summed E-state index contributed by atoms with van der Waals surface area (Å²) in [7, 11) is 0. The van der Waals surface area contributed by atoms with Crippen LogP contribution in [0.1, 0.15) is 39.5 Å². The fraction of sp³-hybridized carbons (Fsp3) is 0.500. The van der Waals surface area contributed by atoms with E-state index in [4.69, 9.17) is 11.6 Å². The normalized spacial score (nSPS) is 12.2. The second-order valence-electron chi connectivity index (χ2n) is 4.40. The minimum atomic E-state index is -0.0523. The van der Waals surface area contributed by atoms with Gasteiger partial charge in [0.1, 0.15) is 5.75 Å². The number of phenols is 1. The minimum Gasteiger partial charge on any atom is -0.506 e. The average Bonchev–Trinajstić information content (AvgIpc) is 2.35. The molecule has 0 spiro atoms. The fourth-order valence-electron chi connectivity index (χ4n) is 1.81. The van der Waals surface area contributed by atoms with E-state index in [-0.39, 0.29) is 17.6 Å². The van der Waals surface area contributed by atoms with E-state index in [1.54, 1.807) is 12.1 Å². The van der Waals surface area contributed by atoms with Gasteiger partial charge in [0.05, 0.1) is 5.69 Å². The van der Waals surface area contributed by atoms with Crippen molar-refractivity contribution in [1.82, 2.24) is 0 Å². The molecule has 2 N–H and O–H groups in total. The van der Waals surface area contributed by atoms with Gasteiger partial charge < -0.3 is 10.4 Å². The van der Waals surface area contributed by atoms with Gasteiger partial charge in [0.25, 0.3) is 0 Å². The number of benzene rings is 1.